The summed E-state index contributed by atoms with van der Waals surface area (Å²) in [6.45, 7) is 1.12. The Morgan fingerprint density at radius 1 is 1.26 bits per heavy atom. The van der Waals surface area contributed by atoms with Gasteiger partial charge in [-0.15, -0.1) is 13.2 Å². The monoisotopic (exact) mass is 274 g/mol. The fourth-order valence-electron chi connectivity index (χ4n) is 1.93. The van der Waals surface area contributed by atoms with Crippen molar-refractivity contribution in [2.45, 2.75) is 18.8 Å². The lowest BCUT2D eigenvalue weighted by Crippen LogP contribution is -2.53. The van der Waals surface area contributed by atoms with Crippen LogP contribution < -0.4 is 15.4 Å². The number of rotatable bonds is 3. The van der Waals surface area contributed by atoms with Crippen LogP contribution in [0.15, 0.2) is 24.3 Å². The van der Waals surface area contributed by atoms with Crippen molar-refractivity contribution in [1.29, 1.82) is 0 Å². The van der Waals surface area contributed by atoms with Crippen molar-refractivity contribution < 1.29 is 22.7 Å². The summed E-state index contributed by atoms with van der Waals surface area (Å²) in [5, 5.41) is 5.61. The number of ether oxygens (including phenoxy) is 1. The maximum atomic E-state index is 12.3. The van der Waals surface area contributed by atoms with Crippen molar-refractivity contribution in [3.8, 4) is 5.75 Å². The molecule has 19 heavy (non-hydrogen) atoms. The molecule has 0 radical (unpaired) electrons. The van der Waals surface area contributed by atoms with E-state index in [9.17, 15) is 18.0 Å². The van der Waals surface area contributed by atoms with Crippen LogP contribution in [0, 0.1) is 0 Å². The van der Waals surface area contributed by atoms with Crippen LogP contribution in [0.2, 0.25) is 0 Å². The Hall–Kier alpha value is -1.76. The van der Waals surface area contributed by atoms with E-state index in [-0.39, 0.29) is 18.1 Å². The Bertz CT molecular complexity index is 463. The second kappa shape index (κ2) is 5.48. The Morgan fingerprint density at radius 2 is 2.00 bits per heavy atom. The van der Waals surface area contributed by atoms with Crippen LogP contribution in [-0.2, 0) is 11.2 Å². The van der Waals surface area contributed by atoms with E-state index >= 15 is 0 Å². The number of hydrogen-bond acceptors (Lipinski definition) is 3. The number of carbonyl (C=O) groups excluding carboxylic acids is 1. The average molecular weight is 274 g/mol. The van der Waals surface area contributed by atoms with Crippen molar-refractivity contribution in [1.82, 2.24) is 10.6 Å². The third-order valence-electron chi connectivity index (χ3n) is 2.75. The summed E-state index contributed by atoms with van der Waals surface area (Å²) >= 11 is 0. The highest BCUT2D eigenvalue weighted by atomic mass is 19.4. The Kier molecular flexibility index (Phi) is 3.94. The van der Waals surface area contributed by atoms with Crippen LogP contribution >= 0.6 is 0 Å². The van der Waals surface area contributed by atoms with Gasteiger partial charge in [-0.2, -0.15) is 0 Å². The molecule has 4 nitrogen and oxygen atoms in total. The zero-order valence-corrected chi connectivity index (χ0v) is 9.96. The second-order valence-electron chi connectivity index (χ2n) is 4.16. The van der Waals surface area contributed by atoms with Crippen LogP contribution in [0.25, 0.3) is 0 Å². The molecule has 1 aromatic rings. The first-order valence-electron chi connectivity index (χ1n) is 5.80. The average Bonchev–Trinajstić information content (AvgIpc) is 2.33. The molecule has 0 aliphatic carbocycles. The van der Waals surface area contributed by atoms with Gasteiger partial charge in [0.1, 0.15) is 5.75 Å². The van der Waals surface area contributed by atoms with E-state index in [1.54, 1.807) is 6.07 Å². The summed E-state index contributed by atoms with van der Waals surface area (Å²) in [5.74, 6) is -0.483. The van der Waals surface area contributed by atoms with E-state index in [2.05, 4.69) is 15.4 Å². The molecule has 2 rings (SSSR count). The smallest absolute Gasteiger partial charge is 0.406 e. The third kappa shape index (κ3) is 3.85. The van der Waals surface area contributed by atoms with Crippen molar-refractivity contribution >= 4 is 5.91 Å². The number of nitrogens with one attached hydrogen (secondary N) is 2. The molecule has 2 N–H and O–H groups in total. The van der Waals surface area contributed by atoms with E-state index in [4.69, 9.17) is 0 Å². The molecule has 0 bridgehead atoms. The molecule has 1 fully saturated rings. The highest BCUT2D eigenvalue weighted by molar-refractivity contribution is 5.82. The first-order chi connectivity index (χ1) is 8.96. The van der Waals surface area contributed by atoms with Crippen molar-refractivity contribution in [2.24, 2.45) is 0 Å². The Labute approximate surface area is 107 Å². The molecule has 1 atom stereocenters. The number of carbonyl (C=O) groups is 1. The predicted molar refractivity (Wildman–Crippen MR) is 61.6 cm³/mol. The van der Waals surface area contributed by atoms with Gasteiger partial charge in [-0.1, -0.05) is 18.2 Å². The lowest BCUT2D eigenvalue weighted by molar-refractivity contribution is -0.274. The molecule has 1 heterocycles. The zero-order chi connectivity index (χ0) is 13.9. The number of piperazine rings is 1. The first-order valence-corrected chi connectivity index (χ1v) is 5.80. The second-order valence-corrected chi connectivity index (χ2v) is 4.16. The minimum absolute atomic E-state index is 0.151. The maximum absolute atomic E-state index is 12.3. The number of para-hydroxylation sites is 1. The van der Waals surface area contributed by atoms with E-state index in [0.29, 0.717) is 18.7 Å². The standard InChI is InChI=1S/C12H13F3N2O2/c13-12(14,15)19-10-4-2-1-3-8(10)7-9-11(18)17-6-5-16-9/h1-4,9,16H,5-7H2,(H,17,18). The molecular formula is C12H13F3N2O2. The summed E-state index contributed by atoms with van der Waals surface area (Å²) in [5.41, 5.74) is 0.342. The lowest BCUT2D eigenvalue weighted by atomic mass is 10.0. The number of amides is 1. The normalized spacial score (nSPS) is 19.9. The molecule has 1 saturated heterocycles. The fraction of sp³-hybridized carbons (Fsp3) is 0.417. The SMILES string of the molecule is O=C1NCCNC1Cc1ccccc1OC(F)(F)F. The molecule has 1 aromatic carbocycles. The molecule has 0 saturated carbocycles. The molecule has 0 aromatic heterocycles. The molecule has 1 aliphatic heterocycles. The van der Waals surface area contributed by atoms with Gasteiger partial charge in [0.05, 0.1) is 6.04 Å². The molecule has 1 amide bonds. The van der Waals surface area contributed by atoms with Crippen molar-refractivity contribution in [3.05, 3.63) is 29.8 Å². The molecule has 104 valence electrons. The molecule has 0 spiro atoms. The number of hydrogen-bond donors (Lipinski definition) is 2. The fourth-order valence-corrected chi connectivity index (χ4v) is 1.93. The quantitative estimate of drug-likeness (QED) is 0.871. The highest BCUT2D eigenvalue weighted by Gasteiger charge is 2.32. The predicted octanol–water partition coefficient (Wildman–Crippen LogP) is 1.22. The topological polar surface area (TPSA) is 50.4 Å². The minimum atomic E-state index is -4.74. The third-order valence-corrected chi connectivity index (χ3v) is 2.75. The van der Waals surface area contributed by atoms with Crippen molar-refractivity contribution in [2.75, 3.05) is 13.1 Å². The first kappa shape index (κ1) is 13.7. The molecule has 1 aliphatic rings. The largest absolute Gasteiger partial charge is 0.573 e. The van der Waals surface area contributed by atoms with Gasteiger partial charge in [-0.25, -0.2) is 0 Å². The molecule has 7 heteroatoms. The van der Waals surface area contributed by atoms with E-state index in [0.717, 1.165) is 0 Å². The summed E-state index contributed by atoms with van der Waals surface area (Å²) in [7, 11) is 0. The van der Waals surface area contributed by atoms with Gasteiger partial charge in [0, 0.05) is 19.5 Å². The van der Waals surface area contributed by atoms with Crippen LogP contribution in [0.5, 0.6) is 5.75 Å². The van der Waals surface area contributed by atoms with Gasteiger partial charge in [0.25, 0.3) is 0 Å². The summed E-state index contributed by atoms with van der Waals surface area (Å²) in [6, 6.07) is 5.29. The Balaban J connectivity index is 2.13. The van der Waals surface area contributed by atoms with Crippen LogP contribution in [-0.4, -0.2) is 31.4 Å². The van der Waals surface area contributed by atoms with Gasteiger partial charge in [0.2, 0.25) is 5.91 Å². The number of alkyl halides is 3. The van der Waals surface area contributed by atoms with Gasteiger partial charge in [-0.3, -0.25) is 4.79 Å². The molecule has 1 unspecified atom stereocenters. The van der Waals surface area contributed by atoms with Crippen molar-refractivity contribution in [3.63, 3.8) is 0 Å². The lowest BCUT2D eigenvalue weighted by Gasteiger charge is -2.24. The van der Waals surface area contributed by atoms with Crippen LogP contribution in [0.3, 0.4) is 0 Å². The zero-order valence-electron chi connectivity index (χ0n) is 9.96. The summed E-state index contributed by atoms with van der Waals surface area (Å²) in [6.07, 6.45) is -4.59. The van der Waals surface area contributed by atoms with Gasteiger partial charge in [-0.05, 0) is 11.6 Å². The van der Waals surface area contributed by atoms with Crippen LogP contribution in [0.1, 0.15) is 5.56 Å². The Morgan fingerprint density at radius 3 is 2.68 bits per heavy atom. The summed E-state index contributed by atoms with van der Waals surface area (Å²) < 4.78 is 40.7. The van der Waals surface area contributed by atoms with Gasteiger partial charge < -0.3 is 15.4 Å². The van der Waals surface area contributed by atoms with E-state index in [1.807, 2.05) is 0 Å². The summed E-state index contributed by atoms with van der Waals surface area (Å²) in [4.78, 5) is 11.6. The number of benzene rings is 1. The molecular weight excluding hydrogens is 261 g/mol. The van der Waals surface area contributed by atoms with Gasteiger partial charge >= 0.3 is 6.36 Å². The highest BCUT2D eigenvalue weighted by Crippen LogP contribution is 2.27. The minimum Gasteiger partial charge on any atom is -0.406 e. The van der Waals surface area contributed by atoms with E-state index < -0.39 is 12.4 Å². The van der Waals surface area contributed by atoms with Crippen LogP contribution in [0.4, 0.5) is 13.2 Å². The number of halogens is 3. The van der Waals surface area contributed by atoms with Gasteiger partial charge in [0.15, 0.2) is 0 Å². The maximum Gasteiger partial charge on any atom is 0.573 e. The van der Waals surface area contributed by atoms with E-state index in [1.165, 1.54) is 18.2 Å².